The third-order valence-electron chi connectivity index (χ3n) is 1.83. The van der Waals surface area contributed by atoms with Gasteiger partial charge in [0.05, 0.1) is 0 Å². The summed E-state index contributed by atoms with van der Waals surface area (Å²) in [6.07, 6.45) is 2.20. The first-order valence-corrected chi connectivity index (χ1v) is 4.39. The van der Waals surface area contributed by atoms with Crippen LogP contribution in [-0.4, -0.2) is 24.2 Å². The zero-order valence-corrected chi connectivity index (χ0v) is 8.18. The Morgan fingerprint density at radius 2 is 2.08 bits per heavy atom. The SMILES string of the molecule is CCCC(C)(C)CNC(=O)CO. The molecule has 1 amide bonds. The minimum Gasteiger partial charge on any atom is -0.387 e. The molecule has 3 heteroatoms. The van der Waals surface area contributed by atoms with E-state index in [9.17, 15) is 4.79 Å². The largest absolute Gasteiger partial charge is 0.387 e. The van der Waals surface area contributed by atoms with Gasteiger partial charge >= 0.3 is 0 Å². The van der Waals surface area contributed by atoms with E-state index >= 15 is 0 Å². The fourth-order valence-electron chi connectivity index (χ4n) is 1.16. The summed E-state index contributed by atoms with van der Waals surface area (Å²) in [6.45, 7) is 6.56. The first-order chi connectivity index (χ1) is 5.52. The number of amides is 1. The Kier molecular flexibility index (Phi) is 4.90. The maximum atomic E-state index is 10.7. The molecule has 0 spiro atoms. The summed E-state index contributed by atoms with van der Waals surface area (Å²) in [6, 6.07) is 0. The van der Waals surface area contributed by atoms with Crippen LogP contribution in [0.25, 0.3) is 0 Å². The molecule has 3 nitrogen and oxygen atoms in total. The third-order valence-corrected chi connectivity index (χ3v) is 1.83. The van der Waals surface area contributed by atoms with Gasteiger partial charge in [0.25, 0.3) is 0 Å². The van der Waals surface area contributed by atoms with Gasteiger partial charge in [0.1, 0.15) is 6.61 Å². The Balaban J connectivity index is 3.67. The van der Waals surface area contributed by atoms with Gasteiger partial charge in [0.2, 0.25) is 5.91 Å². The molecule has 0 saturated carbocycles. The van der Waals surface area contributed by atoms with Gasteiger partial charge in [-0.2, -0.15) is 0 Å². The summed E-state index contributed by atoms with van der Waals surface area (Å²) in [5.41, 5.74) is 0.138. The van der Waals surface area contributed by atoms with E-state index in [0.717, 1.165) is 12.8 Å². The number of rotatable bonds is 5. The molecule has 0 aromatic carbocycles. The quantitative estimate of drug-likeness (QED) is 0.649. The Bertz CT molecular complexity index is 143. The molecule has 0 fully saturated rings. The molecule has 0 aliphatic heterocycles. The highest BCUT2D eigenvalue weighted by molar-refractivity contribution is 5.76. The van der Waals surface area contributed by atoms with Crippen molar-refractivity contribution < 1.29 is 9.90 Å². The van der Waals surface area contributed by atoms with Crippen molar-refractivity contribution in [3.63, 3.8) is 0 Å². The minimum absolute atomic E-state index is 0.138. The van der Waals surface area contributed by atoms with Gasteiger partial charge in [-0.3, -0.25) is 4.79 Å². The topological polar surface area (TPSA) is 49.3 Å². The standard InChI is InChI=1S/C9H19NO2/c1-4-5-9(2,3)7-10-8(12)6-11/h11H,4-7H2,1-3H3,(H,10,12). The maximum Gasteiger partial charge on any atom is 0.245 e. The highest BCUT2D eigenvalue weighted by Gasteiger charge is 2.16. The van der Waals surface area contributed by atoms with Crippen molar-refractivity contribution in [3.8, 4) is 0 Å². The fourth-order valence-corrected chi connectivity index (χ4v) is 1.16. The summed E-state index contributed by atoms with van der Waals surface area (Å²) in [4.78, 5) is 10.7. The second-order valence-electron chi connectivity index (χ2n) is 3.85. The second-order valence-corrected chi connectivity index (χ2v) is 3.85. The van der Waals surface area contributed by atoms with Crippen LogP contribution in [0.3, 0.4) is 0 Å². The number of hydrogen-bond acceptors (Lipinski definition) is 2. The smallest absolute Gasteiger partial charge is 0.245 e. The minimum atomic E-state index is -0.414. The summed E-state index contributed by atoms with van der Waals surface area (Å²) in [7, 11) is 0. The second kappa shape index (κ2) is 5.14. The number of hydrogen-bond donors (Lipinski definition) is 2. The predicted octanol–water partition coefficient (Wildman–Crippen LogP) is 0.921. The van der Waals surface area contributed by atoms with E-state index in [1.54, 1.807) is 0 Å². The van der Waals surface area contributed by atoms with Crippen molar-refractivity contribution in [2.45, 2.75) is 33.6 Å². The van der Waals surface area contributed by atoms with Gasteiger partial charge in [-0.25, -0.2) is 0 Å². The molecule has 12 heavy (non-hydrogen) atoms. The Morgan fingerprint density at radius 3 is 2.50 bits per heavy atom. The third kappa shape index (κ3) is 5.13. The lowest BCUT2D eigenvalue weighted by Gasteiger charge is -2.23. The first kappa shape index (κ1) is 11.4. The van der Waals surface area contributed by atoms with Gasteiger partial charge in [-0.05, 0) is 11.8 Å². The average Bonchev–Trinajstić information content (AvgIpc) is 2.00. The van der Waals surface area contributed by atoms with Crippen molar-refractivity contribution in [2.24, 2.45) is 5.41 Å². The lowest BCUT2D eigenvalue weighted by molar-refractivity contribution is -0.124. The van der Waals surface area contributed by atoms with Crippen molar-refractivity contribution in [2.75, 3.05) is 13.2 Å². The van der Waals surface area contributed by atoms with Crippen molar-refractivity contribution in [1.82, 2.24) is 5.32 Å². The van der Waals surface area contributed by atoms with E-state index in [1.807, 2.05) is 0 Å². The van der Waals surface area contributed by atoms with Gasteiger partial charge in [0, 0.05) is 6.54 Å². The Morgan fingerprint density at radius 1 is 1.50 bits per heavy atom. The van der Waals surface area contributed by atoms with E-state index in [4.69, 9.17) is 5.11 Å². The van der Waals surface area contributed by atoms with E-state index in [2.05, 4.69) is 26.1 Å². The lowest BCUT2D eigenvalue weighted by Crippen LogP contribution is -2.35. The van der Waals surface area contributed by atoms with Gasteiger partial charge in [-0.15, -0.1) is 0 Å². The van der Waals surface area contributed by atoms with Crippen molar-refractivity contribution >= 4 is 5.91 Å². The van der Waals surface area contributed by atoms with Crippen LogP contribution < -0.4 is 5.32 Å². The summed E-state index contributed by atoms with van der Waals surface area (Å²) in [5, 5.41) is 11.1. The molecule has 0 aromatic heterocycles. The summed E-state index contributed by atoms with van der Waals surface area (Å²) in [5.74, 6) is -0.292. The van der Waals surface area contributed by atoms with Crippen LogP contribution in [0.4, 0.5) is 0 Å². The number of carbonyl (C=O) groups is 1. The van der Waals surface area contributed by atoms with E-state index in [0.29, 0.717) is 6.54 Å². The molecule has 0 unspecified atom stereocenters. The highest BCUT2D eigenvalue weighted by Crippen LogP contribution is 2.20. The molecular weight excluding hydrogens is 154 g/mol. The molecule has 0 bridgehead atoms. The molecule has 0 atom stereocenters. The highest BCUT2D eigenvalue weighted by atomic mass is 16.3. The molecule has 72 valence electrons. The van der Waals surface area contributed by atoms with Crippen LogP contribution in [-0.2, 0) is 4.79 Å². The van der Waals surface area contributed by atoms with Crippen molar-refractivity contribution in [3.05, 3.63) is 0 Å². The number of carbonyl (C=O) groups excluding carboxylic acids is 1. The Hall–Kier alpha value is -0.570. The summed E-state index contributed by atoms with van der Waals surface area (Å²) < 4.78 is 0. The van der Waals surface area contributed by atoms with Crippen molar-refractivity contribution in [1.29, 1.82) is 0 Å². The molecule has 2 N–H and O–H groups in total. The Labute approximate surface area is 74.2 Å². The normalized spacial score (nSPS) is 11.3. The average molecular weight is 173 g/mol. The monoisotopic (exact) mass is 173 g/mol. The number of nitrogens with one attached hydrogen (secondary N) is 1. The molecular formula is C9H19NO2. The van der Waals surface area contributed by atoms with Crippen LogP contribution in [0.1, 0.15) is 33.6 Å². The fraction of sp³-hybridized carbons (Fsp3) is 0.889. The zero-order valence-electron chi connectivity index (χ0n) is 8.18. The van der Waals surface area contributed by atoms with Crippen LogP contribution in [0.5, 0.6) is 0 Å². The lowest BCUT2D eigenvalue weighted by atomic mass is 9.88. The number of aliphatic hydroxyl groups excluding tert-OH is 1. The van der Waals surface area contributed by atoms with Crippen LogP contribution >= 0.6 is 0 Å². The first-order valence-electron chi connectivity index (χ1n) is 4.39. The van der Waals surface area contributed by atoms with Gasteiger partial charge in [0.15, 0.2) is 0 Å². The molecule has 0 saturated heterocycles. The molecule has 0 rings (SSSR count). The van der Waals surface area contributed by atoms with E-state index < -0.39 is 6.61 Å². The summed E-state index contributed by atoms with van der Waals surface area (Å²) >= 11 is 0. The molecule has 0 radical (unpaired) electrons. The molecule has 0 aliphatic rings. The van der Waals surface area contributed by atoms with E-state index in [1.165, 1.54) is 0 Å². The maximum absolute atomic E-state index is 10.7. The van der Waals surface area contributed by atoms with Gasteiger partial charge < -0.3 is 10.4 Å². The van der Waals surface area contributed by atoms with Crippen LogP contribution in [0.15, 0.2) is 0 Å². The predicted molar refractivity (Wildman–Crippen MR) is 48.8 cm³/mol. The molecule has 0 aliphatic carbocycles. The van der Waals surface area contributed by atoms with Crippen LogP contribution in [0.2, 0.25) is 0 Å². The molecule has 0 aromatic rings. The number of aliphatic hydroxyl groups is 1. The zero-order chi connectivity index (χ0) is 9.61. The molecule has 0 heterocycles. The van der Waals surface area contributed by atoms with E-state index in [-0.39, 0.29) is 11.3 Å². The van der Waals surface area contributed by atoms with Crippen LogP contribution in [0, 0.1) is 5.41 Å². The van der Waals surface area contributed by atoms with Gasteiger partial charge in [-0.1, -0.05) is 27.2 Å².